The predicted octanol–water partition coefficient (Wildman–Crippen LogP) is 2.46. The smallest absolute Gasteiger partial charge is 0.332 e. The van der Waals surface area contributed by atoms with Crippen LogP contribution in [0, 0.1) is 0 Å². The number of rotatable bonds is 6. The molecular weight excluding hydrogens is 466 g/mol. The minimum absolute atomic E-state index is 0.137. The fraction of sp³-hybridized carbons (Fsp3) is 0.240. The largest absolute Gasteiger partial charge is 0.384 e. The van der Waals surface area contributed by atoms with Gasteiger partial charge in [0.25, 0.3) is 11.1 Å². The highest BCUT2D eigenvalue weighted by atomic mass is 32.2. The van der Waals surface area contributed by atoms with E-state index in [0.29, 0.717) is 21.7 Å². The Morgan fingerprint density at radius 2 is 1.63 bits per heavy atom. The lowest BCUT2D eigenvalue weighted by molar-refractivity contribution is 0.102. The van der Waals surface area contributed by atoms with Crippen LogP contribution >= 0.6 is 11.8 Å². The van der Waals surface area contributed by atoms with Gasteiger partial charge in [-0.3, -0.25) is 28.1 Å². The summed E-state index contributed by atoms with van der Waals surface area (Å²) in [5.41, 5.74) is 6.19. The summed E-state index contributed by atoms with van der Waals surface area (Å²) in [5.74, 6) is -0.822. The Hall–Kier alpha value is -3.92. The molecule has 2 heterocycles. The zero-order valence-electron chi connectivity index (χ0n) is 19.8. The van der Waals surface area contributed by atoms with Crippen molar-refractivity contribution in [3.8, 4) is 5.69 Å². The number of nitrogens with zero attached hydrogens (tertiary/aromatic N) is 4. The number of aromatic nitrogens is 4. The van der Waals surface area contributed by atoms with E-state index in [-0.39, 0.29) is 28.6 Å². The molecule has 2 N–H and O–H groups in total. The van der Waals surface area contributed by atoms with Crippen molar-refractivity contribution >= 4 is 34.3 Å². The van der Waals surface area contributed by atoms with Gasteiger partial charge in [0.15, 0.2) is 10.9 Å². The van der Waals surface area contributed by atoms with Crippen LogP contribution < -0.4 is 22.5 Å². The van der Waals surface area contributed by atoms with Crippen LogP contribution in [0.5, 0.6) is 0 Å². The molecule has 180 valence electrons. The van der Waals surface area contributed by atoms with Crippen LogP contribution in [-0.4, -0.2) is 30.2 Å². The lowest BCUT2D eigenvalue weighted by atomic mass is 10.0. The van der Waals surface area contributed by atoms with Crippen molar-refractivity contribution in [1.29, 1.82) is 0 Å². The van der Waals surface area contributed by atoms with Crippen molar-refractivity contribution < 1.29 is 4.79 Å². The Morgan fingerprint density at radius 3 is 2.34 bits per heavy atom. The Morgan fingerprint density at radius 1 is 0.971 bits per heavy atom. The van der Waals surface area contributed by atoms with Crippen molar-refractivity contribution in [2.24, 2.45) is 14.1 Å². The topological polar surface area (TPSA) is 122 Å². The molecule has 0 aliphatic heterocycles. The Labute approximate surface area is 204 Å². The van der Waals surface area contributed by atoms with Crippen molar-refractivity contribution in [3.05, 3.63) is 90.8 Å². The van der Waals surface area contributed by atoms with Crippen molar-refractivity contribution in [1.82, 2.24) is 18.7 Å². The quantitative estimate of drug-likeness (QED) is 0.250. The molecule has 0 saturated heterocycles. The van der Waals surface area contributed by atoms with E-state index in [1.54, 1.807) is 24.3 Å². The minimum Gasteiger partial charge on any atom is -0.384 e. The number of Topliss-reactive ketones (excluding diaryl/α,β-unsaturated/α-hetero) is 1. The third kappa shape index (κ3) is 4.21. The van der Waals surface area contributed by atoms with Gasteiger partial charge < -0.3 is 5.73 Å². The second kappa shape index (κ2) is 9.38. The van der Waals surface area contributed by atoms with Crippen molar-refractivity contribution in [2.45, 2.75) is 24.9 Å². The molecule has 0 spiro atoms. The molecule has 0 fully saturated rings. The van der Waals surface area contributed by atoms with Gasteiger partial charge in [-0.1, -0.05) is 55.9 Å². The zero-order valence-corrected chi connectivity index (χ0v) is 20.6. The molecule has 4 aromatic rings. The van der Waals surface area contributed by atoms with Gasteiger partial charge in [0.1, 0.15) is 11.4 Å². The van der Waals surface area contributed by atoms with Crippen LogP contribution in [0.25, 0.3) is 16.6 Å². The number of ketones is 1. The Kier molecular flexibility index (Phi) is 6.49. The van der Waals surface area contributed by atoms with E-state index < -0.39 is 17.0 Å². The normalized spacial score (nSPS) is 11.3. The van der Waals surface area contributed by atoms with Crippen molar-refractivity contribution in [2.75, 3.05) is 11.5 Å². The number of hydrogen-bond acceptors (Lipinski definition) is 7. The number of para-hydroxylation sites is 2. The maximum atomic E-state index is 13.6. The predicted molar refractivity (Wildman–Crippen MR) is 138 cm³/mol. The van der Waals surface area contributed by atoms with Gasteiger partial charge in [-0.2, -0.15) is 0 Å². The Bertz CT molecular complexity index is 1650. The highest BCUT2D eigenvalue weighted by Crippen LogP contribution is 2.27. The van der Waals surface area contributed by atoms with Crippen LogP contribution in [0.15, 0.2) is 68.1 Å². The molecule has 10 heteroatoms. The van der Waals surface area contributed by atoms with Gasteiger partial charge in [0.05, 0.1) is 22.3 Å². The molecule has 0 bridgehead atoms. The van der Waals surface area contributed by atoms with Gasteiger partial charge in [-0.25, -0.2) is 9.78 Å². The maximum absolute atomic E-state index is 13.6. The number of thioether (sulfide) groups is 1. The summed E-state index contributed by atoms with van der Waals surface area (Å²) < 4.78 is 3.41. The van der Waals surface area contributed by atoms with E-state index in [4.69, 9.17) is 5.73 Å². The molecule has 0 aliphatic carbocycles. The monoisotopic (exact) mass is 491 g/mol. The number of fused-ring (bicyclic) bond motifs is 1. The molecule has 0 amide bonds. The molecule has 2 aromatic heterocycles. The van der Waals surface area contributed by atoms with E-state index >= 15 is 0 Å². The summed E-state index contributed by atoms with van der Waals surface area (Å²) in [4.78, 5) is 56.1. The van der Waals surface area contributed by atoms with Gasteiger partial charge in [-0.15, -0.1) is 0 Å². The average Bonchev–Trinajstić information content (AvgIpc) is 2.85. The molecule has 0 aliphatic rings. The highest BCUT2D eigenvalue weighted by Gasteiger charge is 2.22. The number of hydrogen-bond donors (Lipinski definition) is 1. The second-order valence-corrected chi connectivity index (χ2v) is 9.39. The van der Waals surface area contributed by atoms with E-state index in [9.17, 15) is 19.2 Å². The molecule has 4 rings (SSSR count). The Balaban J connectivity index is 1.85. The van der Waals surface area contributed by atoms with Crippen LogP contribution in [0.2, 0.25) is 0 Å². The average molecular weight is 492 g/mol. The van der Waals surface area contributed by atoms with Gasteiger partial charge in [0, 0.05) is 14.1 Å². The number of benzene rings is 2. The number of nitrogens with two attached hydrogens (primary N) is 1. The number of anilines is 1. The highest BCUT2D eigenvalue weighted by molar-refractivity contribution is 7.99. The van der Waals surface area contributed by atoms with Gasteiger partial charge in [0.2, 0.25) is 0 Å². The summed E-state index contributed by atoms with van der Waals surface area (Å²) in [6.07, 6.45) is 0. The summed E-state index contributed by atoms with van der Waals surface area (Å²) in [6.45, 7) is 4.07. The molecule has 2 aromatic carbocycles. The van der Waals surface area contributed by atoms with E-state index in [2.05, 4.69) is 4.98 Å². The number of carbonyl (C=O) groups is 1. The minimum atomic E-state index is -0.759. The summed E-state index contributed by atoms with van der Waals surface area (Å²) in [7, 11) is 2.69. The van der Waals surface area contributed by atoms with Crippen LogP contribution in [0.3, 0.4) is 0 Å². The van der Waals surface area contributed by atoms with E-state index in [1.807, 2.05) is 38.1 Å². The fourth-order valence-corrected chi connectivity index (χ4v) is 4.80. The van der Waals surface area contributed by atoms with E-state index in [0.717, 1.165) is 26.5 Å². The molecular formula is C25H25N5O4S. The zero-order chi connectivity index (χ0) is 25.4. The van der Waals surface area contributed by atoms with E-state index in [1.165, 1.54) is 18.7 Å². The van der Waals surface area contributed by atoms with Crippen LogP contribution in [0.4, 0.5) is 5.82 Å². The fourth-order valence-electron chi connectivity index (χ4n) is 3.93. The first kappa shape index (κ1) is 24.2. The van der Waals surface area contributed by atoms with Crippen molar-refractivity contribution in [3.63, 3.8) is 0 Å². The molecule has 9 nitrogen and oxygen atoms in total. The maximum Gasteiger partial charge on any atom is 0.332 e. The first-order chi connectivity index (χ1) is 16.6. The molecule has 0 radical (unpaired) electrons. The lowest BCUT2D eigenvalue weighted by Crippen LogP contribution is -2.41. The van der Waals surface area contributed by atoms with Crippen LogP contribution in [0.1, 0.15) is 35.7 Å². The molecule has 0 unspecified atom stereocenters. The molecule has 35 heavy (non-hydrogen) atoms. The van der Waals surface area contributed by atoms with Gasteiger partial charge in [-0.05, 0) is 29.7 Å². The molecule has 0 atom stereocenters. The second-order valence-electron chi connectivity index (χ2n) is 8.44. The summed E-state index contributed by atoms with van der Waals surface area (Å²) in [5, 5.41) is 0.772. The SMILES string of the molecule is CC(C)c1ccccc1-n1c(SCC(=O)c2c(N)n(C)c(=O)n(C)c2=O)nc2ccccc2c1=O. The number of nitrogen functional groups attached to an aromatic ring is 1. The summed E-state index contributed by atoms with van der Waals surface area (Å²) in [6, 6.07) is 14.6. The number of carbonyl (C=O) groups excluding carboxylic acids is 1. The first-order valence-corrected chi connectivity index (χ1v) is 11.9. The van der Waals surface area contributed by atoms with Gasteiger partial charge >= 0.3 is 5.69 Å². The molecule has 0 saturated carbocycles. The summed E-state index contributed by atoms with van der Waals surface area (Å²) >= 11 is 1.04. The third-order valence-corrected chi connectivity index (χ3v) is 6.80. The van der Waals surface area contributed by atoms with Crippen LogP contribution in [-0.2, 0) is 14.1 Å². The first-order valence-electron chi connectivity index (χ1n) is 11.0. The standard InChI is InChI=1S/C25H25N5O4S/c1-14(2)15-9-6-8-12-18(15)30-22(32)16-10-5-7-11-17(16)27-24(30)35-13-19(31)20-21(26)28(3)25(34)29(4)23(20)33/h5-12,14H,13,26H2,1-4H3. The third-order valence-electron chi connectivity index (χ3n) is 5.87. The lowest BCUT2D eigenvalue weighted by Gasteiger charge is -2.18.